The van der Waals surface area contributed by atoms with Crippen molar-refractivity contribution in [1.29, 1.82) is 5.26 Å². The lowest BCUT2D eigenvalue weighted by Crippen LogP contribution is -2.40. The molecule has 1 aliphatic rings. The van der Waals surface area contributed by atoms with Gasteiger partial charge in [-0.2, -0.15) is 5.26 Å². The van der Waals surface area contributed by atoms with Crippen molar-refractivity contribution in [3.05, 3.63) is 132 Å². The normalized spacial score (nSPS) is 14.3. The highest BCUT2D eigenvalue weighted by Crippen LogP contribution is 2.37. The summed E-state index contributed by atoms with van der Waals surface area (Å²) >= 11 is 1.23. The van der Waals surface area contributed by atoms with Gasteiger partial charge in [-0.05, 0) is 74.4 Å². The first-order chi connectivity index (χ1) is 23.7. The summed E-state index contributed by atoms with van der Waals surface area (Å²) in [4.78, 5) is 33.1. The number of esters is 1. The lowest BCUT2D eigenvalue weighted by molar-refractivity contribution is -0.139. The van der Waals surface area contributed by atoms with Crippen LogP contribution < -0.4 is 29.1 Å². The Hall–Kier alpha value is -5.66. The zero-order valence-electron chi connectivity index (χ0n) is 27.9. The second kappa shape index (κ2) is 14.2. The summed E-state index contributed by atoms with van der Waals surface area (Å²) in [5.41, 5.74) is 3.06. The molecule has 0 radical (unpaired) electrons. The summed E-state index contributed by atoms with van der Waals surface area (Å²) in [6.07, 6.45) is 1.73. The SMILES string of the molecule is CCOC(=O)C1=C(C)N=c2s/c(=C/c3c(OCc4ccccc4C#N)ccc4ccccc34)c(=O)n2[C@@H]1c1ccc(OC(C)C)c(OC)c1. The number of hydrogen-bond donors (Lipinski definition) is 0. The maximum absolute atomic E-state index is 14.5. The highest BCUT2D eigenvalue weighted by Gasteiger charge is 2.34. The fourth-order valence-corrected chi connectivity index (χ4v) is 6.93. The van der Waals surface area contributed by atoms with E-state index in [2.05, 4.69) is 6.07 Å². The van der Waals surface area contributed by atoms with Gasteiger partial charge in [0.05, 0.1) is 53.3 Å². The van der Waals surface area contributed by atoms with Gasteiger partial charge >= 0.3 is 5.97 Å². The molecule has 0 aliphatic carbocycles. The molecule has 1 atom stereocenters. The highest BCUT2D eigenvalue weighted by atomic mass is 32.1. The Morgan fingerprint density at radius 2 is 1.80 bits per heavy atom. The molecule has 0 amide bonds. The largest absolute Gasteiger partial charge is 0.493 e. The predicted molar refractivity (Wildman–Crippen MR) is 189 cm³/mol. The van der Waals surface area contributed by atoms with Crippen LogP contribution in [0.5, 0.6) is 17.2 Å². The molecule has 5 aromatic rings. The Morgan fingerprint density at radius 1 is 1.04 bits per heavy atom. The summed E-state index contributed by atoms with van der Waals surface area (Å²) in [6.45, 7) is 7.67. The van der Waals surface area contributed by atoms with Crippen molar-refractivity contribution in [2.75, 3.05) is 13.7 Å². The quantitative estimate of drug-likeness (QED) is 0.162. The molecule has 2 heterocycles. The van der Waals surface area contributed by atoms with E-state index < -0.39 is 12.0 Å². The third-order valence-electron chi connectivity index (χ3n) is 8.11. The minimum absolute atomic E-state index is 0.0846. The maximum atomic E-state index is 14.5. The van der Waals surface area contributed by atoms with Crippen LogP contribution in [0.3, 0.4) is 0 Å². The van der Waals surface area contributed by atoms with Crippen molar-refractivity contribution in [3.63, 3.8) is 0 Å². The summed E-state index contributed by atoms with van der Waals surface area (Å²) in [5.74, 6) is 1.03. The van der Waals surface area contributed by atoms with Crippen LogP contribution in [-0.2, 0) is 16.1 Å². The Kier molecular flexibility index (Phi) is 9.65. The molecule has 4 aromatic carbocycles. The monoisotopic (exact) mass is 673 g/mol. The molecular weight excluding hydrogens is 639 g/mol. The molecule has 0 bridgehead atoms. The smallest absolute Gasteiger partial charge is 0.338 e. The number of fused-ring (bicyclic) bond motifs is 2. The fourth-order valence-electron chi connectivity index (χ4n) is 5.90. The number of nitriles is 1. The van der Waals surface area contributed by atoms with Gasteiger partial charge in [-0.15, -0.1) is 0 Å². The molecule has 9 nitrogen and oxygen atoms in total. The molecule has 0 unspecified atom stereocenters. The number of ether oxygens (including phenoxy) is 4. The zero-order chi connectivity index (χ0) is 34.7. The average molecular weight is 674 g/mol. The standard InChI is InChI=1S/C39H35N3O6S/c1-6-46-38(44)35-24(4)41-39-42(36(35)26-16-18-32(48-23(2)3)33(19-26)45-5)37(43)34(49-39)20-30-29-14-10-9-11-25(29)15-17-31(30)47-22-28-13-8-7-12-27(28)21-40/h7-20,23,36H,6,22H2,1-5H3/b34-20+/t36-/m1/s1. The molecule has 1 aromatic heterocycles. The van der Waals surface area contributed by atoms with E-state index in [4.69, 9.17) is 23.9 Å². The van der Waals surface area contributed by atoms with Gasteiger partial charge in [0.1, 0.15) is 12.4 Å². The third-order valence-corrected chi connectivity index (χ3v) is 9.09. The lowest BCUT2D eigenvalue weighted by Gasteiger charge is -2.25. The highest BCUT2D eigenvalue weighted by molar-refractivity contribution is 7.07. The molecule has 0 saturated carbocycles. The molecule has 1 aliphatic heterocycles. The van der Waals surface area contributed by atoms with Gasteiger partial charge in [-0.3, -0.25) is 9.36 Å². The molecule has 0 spiro atoms. The number of methoxy groups -OCH3 is 1. The van der Waals surface area contributed by atoms with Crippen LogP contribution >= 0.6 is 11.3 Å². The number of rotatable bonds is 10. The van der Waals surface area contributed by atoms with Crippen LogP contribution in [0, 0.1) is 11.3 Å². The molecule has 6 rings (SSSR count). The van der Waals surface area contributed by atoms with Crippen LogP contribution in [-0.4, -0.2) is 30.4 Å². The first-order valence-electron chi connectivity index (χ1n) is 15.9. The van der Waals surface area contributed by atoms with Crippen LogP contribution in [0.1, 0.15) is 56.0 Å². The molecule has 248 valence electrons. The molecule has 49 heavy (non-hydrogen) atoms. The minimum Gasteiger partial charge on any atom is -0.493 e. The summed E-state index contributed by atoms with van der Waals surface area (Å²) in [5, 5.41) is 11.5. The topological polar surface area (TPSA) is 112 Å². The molecular formula is C39H35N3O6S. The van der Waals surface area contributed by atoms with Crippen LogP contribution in [0.2, 0.25) is 0 Å². The van der Waals surface area contributed by atoms with E-state index in [-0.39, 0.29) is 30.5 Å². The van der Waals surface area contributed by atoms with Gasteiger partial charge in [0.2, 0.25) is 0 Å². The number of allylic oxidation sites excluding steroid dienone is 1. The van der Waals surface area contributed by atoms with E-state index in [1.165, 1.54) is 11.3 Å². The number of nitrogens with zero attached hydrogens (tertiary/aromatic N) is 3. The van der Waals surface area contributed by atoms with Gasteiger partial charge < -0.3 is 18.9 Å². The fraction of sp³-hybridized carbons (Fsp3) is 0.231. The van der Waals surface area contributed by atoms with E-state index in [1.807, 2.05) is 80.6 Å². The van der Waals surface area contributed by atoms with Gasteiger partial charge in [0, 0.05) is 11.1 Å². The van der Waals surface area contributed by atoms with Crippen molar-refractivity contribution in [1.82, 2.24) is 4.57 Å². The number of carbonyl (C=O) groups is 1. The summed E-state index contributed by atoms with van der Waals surface area (Å²) in [6, 6.07) is 25.8. The van der Waals surface area contributed by atoms with Crippen molar-refractivity contribution in [2.45, 2.75) is 46.4 Å². The van der Waals surface area contributed by atoms with Gasteiger partial charge in [-0.25, -0.2) is 9.79 Å². The van der Waals surface area contributed by atoms with Crippen molar-refractivity contribution < 1.29 is 23.7 Å². The lowest BCUT2D eigenvalue weighted by atomic mass is 9.95. The number of thiazole rings is 1. The third kappa shape index (κ3) is 6.58. The van der Waals surface area contributed by atoms with Gasteiger partial charge in [0.25, 0.3) is 5.56 Å². The van der Waals surface area contributed by atoms with E-state index in [9.17, 15) is 14.9 Å². The molecule has 0 N–H and O–H groups in total. The first-order valence-corrected chi connectivity index (χ1v) is 16.7. The number of benzene rings is 4. The molecule has 10 heteroatoms. The zero-order valence-corrected chi connectivity index (χ0v) is 28.7. The van der Waals surface area contributed by atoms with Gasteiger partial charge in [0.15, 0.2) is 16.3 Å². The minimum atomic E-state index is -0.829. The van der Waals surface area contributed by atoms with Crippen molar-refractivity contribution in [3.8, 4) is 23.3 Å². The summed E-state index contributed by atoms with van der Waals surface area (Å²) < 4.78 is 25.4. The van der Waals surface area contributed by atoms with Crippen LogP contribution in [0.25, 0.3) is 16.8 Å². The second-order valence-electron chi connectivity index (χ2n) is 11.6. The Labute approximate surface area is 287 Å². The van der Waals surface area contributed by atoms with E-state index in [1.54, 1.807) is 43.7 Å². The van der Waals surface area contributed by atoms with Crippen molar-refractivity contribution in [2.24, 2.45) is 4.99 Å². The van der Waals surface area contributed by atoms with E-state index >= 15 is 0 Å². The number of aromatic nitrogens is 1. The Balaban J connectivity index is 1.53. The number of carbonyl (C=O) groups excluding carboxylic acids is 1. The second-order valence-corrected chi connectivity index (χ2v) is 12.6. The Bertz CT molecular complexity index is 2330. The molecule has 0 fully saturated rings. The van der Waals surface area contributed by atoms with Gasteiger partial charge in [-0.1, -0.05) is 65.9 Å². The number of hydrogen-bond acceptors (Lipinski definition) is 9. The first kappa shape index (κ1) is 33.2. The van der Waals surface area contributed by atoms with Crippen molar-refractivity contribution >= 4 is 34.2 Å². The van der Waals surface area contributed by atoms with E-state index in [0.717, 1.165) is 16.3 Å². The van der Waals surface area contributed by atoms with E-state index in [0.29, 0.717) is 49.0 Å². The predicted octanol–water partition coefficient (Wildman–Crippen LogP) is 6.20. The van der Waals surface area contributed by atoms with Crippen LogP contribution in [0.15, 0.2) is 99.9 Å². The van der Waals surface area contributed by atoms with Crippen LogP contribution in [0.4, 0.5) is 0 Å². The summed E-state index contributed by atoms with van der Waals surface area (Å²) in [7, 11) is 1.55. The Morgan fingerprint density at radius 3 is 2.55 bits per heavy atom. The maximum Gasteiger partial charge on any atom is 0.338 e. The molecule has 0 saturated heterocycles. The average Bonchev–Trinajstić information content (AvgIpc) is 3.40.